The Balaban J connectivity index is 1.65. The van der Waals surface area contributed by atoms with Crippen molar-refractivity contribution < 1.29 is 4.79 Å². The highest BCUT2D eigenvalue weighted by Crippen LogP contribution is 2.36. The van der Waals surface area contributed by atoms with E-state index in [4.69, 9.17) is 0 Å². The molecule has 0 bridgehead atoms. The minimum Gasteiger partial charge on any atom is -0.295 e. The second-order valence-corrected chi connectivity index (χ2v) is 6.93. The van der Waals surface area contributed by atoms with Gasteiger partial charge >= 0.3 is 0 Å². The van der Waals surface area contributed by atoms with E-state index in [0.717, 1.165) is 25.1 Å². The molecule has 1 aliphatic carbocycles. The van der Waals surface area contributed by atoms with Crippen molar-refractivity contribution in [2.24, 2.45) is 5.41 Å². The van der Waals surface area contributed by atoms with Crippen LogP contribution in [0.5, 0.6) is 0 Å². The predicted octanol–water partition coefficient (Wildman–Crippen LogP) is 3.87. The van der Waals surface area contributed by atoms with Gasteiger partial charge in [0.25, 0.3) is 0 Å². The van der Waals surface area contributed by atoms with Gasteiger partial charge in [0.15, 0.2) is 5.78 Å². The number of nitrogens with zero attached hydrogens (tertiary/aromatic N) is 1. The second kappa shape index (κ2) is 5.92. The number of ketones is 1. The number of aryl methyl sites for hydroxylation is 2. The lowest BCUT2D eigenvalue weighted by Gasteiger charge is -2.26. The van der Waals surface area contributed by atoms with Crippen LogP contribution in [-0.4, -0.2) is 30.3 Å². The number of rotatable bonds is 5. The summed E-state index contributed by atoms with van der Waals surface area (Å²) in [4.78, 5) is 14.9. The maximum Gasteiger partial charge on any atom is 0.176 e. The molecule has 0 saturated carbocycles. The Bertz CT molecular complexity index is 530. The van der Waals surface area contributed by atoms with E-state index in [0.29, 0.717) is 17.7 Å². The first-order valence-corrected chi connectivity index (χ1v) is 8.53. The van der Waals surface area contributed by atoms with Gasteiger partial charge in [0, 0.05) is 12.1 Å². The maximum atomic E-state index is 12.5. The van der Waals surface area contributed by atoms with Crippen LogP contribution in [-0.2, 0) is 12.8 Å². The van der Waals surface area contributed by atoms with Crippen LogP contribution in [0.2, 0.25) is 0 Å². The highest BCUT2D eigenvalue weighted by molar-refractivity contribution is 5.97. The van der Waals surface area contributed by atoms with Gasteiger partial charge in [-0.3, -0.25) is 9.69 Å². The molecule has 2 heteroatoms. The molecule has 1 saturated heterocycles. The third-order valence-electron chi connectivity index (χ3n) is 5.81. The Morgan fingerprint density at radius 2 is 1.95 bits per heavy atom. The number of carbonyl (C=O) groups excluding carboxylic acids is 1. The lowest BCUT2D eigenvalue weighted by molar-refractivity contribution is 0.0936. The van der Waals surface area contributed by atoms with Crippen molar-refractivity contribution in [3.8, 4) is 0 Å². The van der Waals surface area contributed by atoms with Gasteiger partial charge in [-0.25, -0.2) is 0 Å². The number of Topliss-reactive ketones (excluding diaryl/α,β-unsaturated/α-hetero) is 1. The van der Waals surface area contributed by atoms with Crippen molar-refractivity contribution in [1.29, 1.82) is 0 Å². The minimum absolute atomic E-state index is 0.299. The fourth-order valence-electron chi connectivity index (χ4n) is 4.03. The molecule has 0 N–H and O–H groups in total. The van der Waals surface area contributed by atoms with Crippen LogP contribution in [0.3, 0.4) is 0 Å². The van der Waals surface area contributed by atoms with E-state index in [1.54, 1.807) is 0 Å². The van der Waals surface area contributed by atoms with Crippen LogP contribution in [0.4, 0.5) is 0 Å². The molecule has 1 aromatic rings. The lowest BCUT2D eigenvalue weighted by atomic mass is 9.82. The minimum atomic E-state index is 0.299. The summed E-state index contributed by atoms with van der Waals surface area (Å²) in [7, 11) is 0. The summed E-state index contributed by atoms with van der Waals surface area (Å²) in [5.41, 5.74) is 4.22. The molecule has 3 rings (SSSR count). The topological polar surface area (TPSA) is 20.3 Å². The van der Waals surface area contributed by atoms with Crippen molar-refractivity contribution in [3.05, 3.63) is 34.9 Å². The monoisotopic (exact) mass is 285 g/mol. The van der Waals surface area contributed by atoms with E-state index in [1.165, 1.54) is 43.2 Å². The van der Waals surface area contributed by atoms with Gasteiger partial charge in [0.2, 0.25) is 0 Å². The zero-order valence-corrected chi connectivity index (χ0v) is 13.5. The van der Waals surface area contributed by atoms with Crippen molar-refractivity contribution >= 4 is 5.78 Å². The number of hydrogen-bond donors (Lipinski definition) is 0. The average Bonchev–Trinajstić information content (AvgIpc) is 3.13. The molecule has 1 aliphatic heterocycles. The number of fused-ring (bicyclic) bond motifs is 1. The van der Waals surface area contributed by atoms with E-state index in [-0.39, 0.29) is 0 Å². The highest BCUT2D eigenvalue weighted by atomic mass is 16.1. The Morgan fingerprint density at radius 3 is 2.67 bits per heavy atom. The molecule has 0 unspecified atom stereocenters. The predicted molar refractivity (Wildman–Crippen MR) is 86.9 cm³/mol. The first-order valence-electron chi connectivity index (χ1n) is 8.53. The van der Waals surface area contributed by atoms with Crippen molar-refractivity contribution in [1.82, 2.24) is 4.90 Å². The molecule has 21 heavy (non-hydrogen) atoms. The Hall–Kier alpha value is -1.15. The van der Waals surface area contributed by atoms with Crippen molar-refractivity contribution in [3.63, 3.8) is 0 Å². The summed E-state index contributed by atoms with van der Waals surface area (Å²) in [5.74, 6) is 0.299. The zero-order chi connectivity index (χ0) is 14.9. The van der Waals surface area contributed by atoms with Gasteiger partial charge < -0.3 is 0 Å². The molecular formula is C19H27NO. The molecule has 0 amide bonds. The Kier molecular flexibility index (Phi) is 4.17. The van der Waals surface area contributed by atoms with Crippen molar-refractivity contribution in [2.45, 2.75) is 52.4 Å². The molecular weight excluding hydrogens is 258 g/mol. The fourth-order valence-corrected chi connectivity index (χ4v) is 4.03. The van der Waals surface area contributed by atoms with Crippen LogP contribution < -0.4 is 0 Å². The van der Waals surface area contributed by atoms with E-state index in [9.17, 15) is 4.79 Å². The van der Waals surface area contributed by atoms with Gasteiger partial charge in [-0.1, -0.05) is 26.0 Å². The highest BCUT2D eigenvalue weighted by Gasteiger charge is 2.35. The first kappa shape index (κ1) is 14.8. The maximum absolute atomic E-state index is 12.5. The normalized spacial score (nSPS) is 20.7. The summed E-state index contributed by atoms with van der Waals surface area (Å²) in [5, 5.41) is 0. The molecule has 0 atom stereocenters. The van der Waals surface area contributed by atoms with E-state index >= 15 is 0 Å². The number of hydrogen-bond acceptors (Lipinski definition) is 2. The summed E-state index contributed by atoms with van der Waals surface area (Å²) >= 11 is 0. The molecule has 2 nitrogen and oxygen atoms in total. The average molecular weight is 285 g/mol. The first-order chi connectivity index (χ1) is 10.2. The summed E-state index contributed by atoms with van der Waals surface area (Å²) in [6.07, 6.45) is 7.28. The van der Waals surface area contributed by atoms with Gasteiger partial charge in [-0.2, -0.15) is 0 Å². The van der Waals surface area contributed by atoms with Gasteiger partial charge in [0.1, 0.15) is 0 Å². The largest absolute Gasteiger partial charge is 0.295 e. The third kappa shape index (κ3) is 2.91. The number of benzene rings is 1. The summed E-state index contributed by atoms with van der Waals surface area (Å²) < 4.78 is 0. The second-order valence-electron chi connectivity index (χ2n) is 6.93. The Labute approximate surface area is 128 Å². The lowest BCUT2D eigenvalue weighted by Crippen LogP contribution is -2.31. The van der Waals surface area contributed by atoms with E-state index in [2.05, 4.69) is 30.9 Å². The Morgan fingerprint density at radius 1 is 1.19 bits per heavy atom. The smallest absolute Gasteiger partial charge is 0.176 e. The summed E-state index contributed by atoms with van der Waals surface area (Å²) in [6.45, 7) is 7.35. The SMILES string of the molecule is CCC1(CC)CCN(CC(=O)c2ccc3c(c2)CCC3)C1. The van der Waals surface area contributed by atoms with Crippen LogP contribution in [0.1, 0.15) is 61.0 Å². The molecule has 1 heterocycles. The fraction of sp³-hybridized carbons (Fsp3) is 0.632. The van der Waals surface area contributed by atoms with Crippen LogP contribution >= 0.6 is 0 Å². The van der Waals surface area contributed by atoms with Gasteiger partial charge in [-0.05, 0) is 67.7 Å². The molecule has 114 valence electrons. The van der Waals surface area contributed by atoms with Crippen molar-refractivity contribution in [2.75, 3.05) is 19.6 Å². The van der Waals surface area contributed by atoms with Crippen LogP contribution in [0.25, 0.3) is 0 Å². The molecule has 0 spiro atoms. The zero-order valence-electron chi connectivity index (χ0n) is 13.5. The molecule has 1 aromatic carbocycles. The van der Waals surface area contributed by atoms with E-state index in [1.807, 2.05) is 6.07 Å². The third-order valence-corrected chi connectivity index (χ3v) is 5.81. The van der Waals surface area contributed by atoms with Crippen LogP contribution in [0.15, 0.2) is 18.2 Å². The quantitative estimate of drug-likeness (QED) is 0.765. The van der Waals surface area contributed by atoms with Crippen LogP contribution in [0, 0.1) is 5.41 Å². The summed E-state index contributed by atoms with van der Waals surface area (Å²) in [6, 6.07) is 6.35. The molecule has 0 aromatic heterocycles. The van der Waals surface area contributed by atoms with Gasteiger partial charge in [-0.15, -0.1) is 0 Å². The molecule has 0 radical (unpaired) electrons. The number of carbonyl (C=O) groups is 1. The van der Waals surface area contributed by atoms with E-state index < -0.39 is 0 Å². The molecule has 1 fully saturated rings. The van der Waals surface area contributed by atoms with Gasteiger partial charge in [0.05, 0.1) is 6.54 Å². The number of likely N-dealkylation sites (tertiary alicyclic amines) is 1. The standard InChI is InChI=1S/C19H27NO/c1-3-19(4-2)10-11-20(14-19)13-18(21)17-9-8-15-6-5-7-16(15)12-17/h8-9,12H,3-7,10-11,13-14H2,1-2H3. The molecule has 2 aliphatic rings.